The molecule has 216 valence electrons. The number of nitro groups is 1. The Kier molecular flexibility index (Phi) is 9.75. The smallest absolute Gasteiger partial charge is 0.273 e. The number of nitrogens with one attached hydrogen (secondary N) is 2. The molecule has 0 spiro atoms. The van der Waals surface area contributed by atoms with Crippen LogP contribution in [0, 0.1) is 17.0 Å². The summed E-state index contributed by atoms with van der Waals surface area (Å²) in [5, 5.41) is 17.1. The molecule has 0 atom stereocenters. The lowest BCUT2D eigenvalue weighted by molar-refractivity contribution is -0.385. The number of nitro benzene ring substituents is 1. The van der Waals surface area contributed by atoms with Gasteiger partial charge in [0.1, 0.15) is 5.75 Å². The highest BCUT2D eigenvalue weighted by Gasteiger charge is 2.24. The number of amides is 2. The SMILES string of the molecule is COCCCNC(=O)c1cc(NC(=O)c2ccc(C)c([N+](=O)[O-])c2)ccc1N1CCN(c2ccccc2OC)CC1. The van der Waals surface area contributed by atoms with Gasteiger partial charge in [0.15, 0.2) is 0 Å². The molecular formula is C30H35N5O6. The summed E-state index contributed by atoms with van der Waals surface area (Å²) in [5.74, 6) is 0.0548. The largest absolute Gasteiger partial charge is 0.495 e. The van der Waals surface area contributed by atoms with E-state index in [4.69, 9.17) is 9.47 Å². The first-order valence-corrected chi connectivity index (χ1v) is 13.4. The van der Waals surface area contributed by atoms with Crippen molar-refractivity contribution in [3.8, 4) is 5.75 Å². The molecule has 0 radical (unpaired) electrons. The Balaban J connectivity index is 1.55. The Hall–Kier alpha value is -4.64. The number of benzene rings is 3. The van der Waals surface area contributed by atoms with Crippen LogP contribution in [0.15, 0.2) is 60.7 Å². The summed E-state index contributed by atoms with van der Waals surface area (Å²) in [6.45, 7) is 5.42. The zero-order valence-corrected chi connectivity index (χ0v) is 23.5. The molecule has 4 rings (SSSR count). The van der Waals surface area contributed by atoms with Crippen LogP contribution < -0.4 is 25.2 Å². The summed E-state index contributed by atoms with van der Waals surface area (Å²) < 4.78 is 10.6. The van der Waals surface area contributed by atoms with Crippen molar-refractivity contribution < 1.29 is 24.0 Å². The van der Waals surface area contributed by atoms with E-state index in [2.05, 4.69) is 20.4 Å². The molecular weight excluding hydrogens is 526 g/mol. The molecule has 1 aliphatic rings. The van der Waals surface area contributed by atoms with Crippen LogP contribution in [0.5, 0.6) is 5.75 Å². The van der Waals surface area contributed by atoms with E-state index in [1.807, 2.05) is 30.3 Å². The first-order valence-electron chi connectivity index (χ1n) is 13.4. The number of rotatable bonds is 11. The lowest BCUT2D eigenvalue weighted by atomic mass is 10.1. The topological polar surface area (TPSA) is 126 Å². The number of aryl methyl sites for hydroxylation is 1. The minimum Gasteiger partial charge on any atom is -0.495 e. The van der Waals surface area contributed by atoms with Gasteiger partial charge in [0.05, 0.1) is 23.3 Å². The molecule has 1 aliphatic heterocycles. The summed E-state index contributed by atoms with van der Waals surface area (Å²) in [6.07, 6.45) is 0.664. The van der Waals surface area contributed by atoms with Crippen LogP contribution in [-0.2, 0) is 4.74 Å². The van der Waals surface area contributed by atoms with Gasteiger partial charge in [0, 0.05) is 75.0 Å². The van der Waals surface area contributed by atoms with Crippen LogP contribution in [0.4, 0.5) is 22.7 Å². The summed E-state index contributed by atoms with van der Waals surface area (Å²) in [4.78, 5) is 41.5. The minimum absolute atomic E-state index is 0.128. The van der Waals surface area contributed by atoms with Crippen molar-refractivity contribution in [3.63, 3.8) is 0 Å². The molecule has 0 aromatic heterocycles. The molecule has 2 N–H and O–H groups in total. The second kappa shape index (κ2) is 13.6. The van der Waals surface area contributed by atoms with Crippen molar-refractivity contribution in [2.75, 3.05) is 68.7 Å². The molecule has 1 fully saturated rings. The number of hydrogen-bond donors (Lipinski definition) is 2. The second-order valence-electron chi connectivity index (χ2n) is 9.69. The molecule has 3 aromatic carbocycles. The molecule has 1 saturated heterocycles. The molecule has 0 saturated carbocycles. The predicted molar refractivity (Wildman–Crippen MR) is 158 cm³/mol. The minimum atomic E-state index is -0.513. The zero-order chi connectivity index (χ0) is 29.4. The molecule has 1 heterocycles. The van der Waals surface area contributed by atoms with Crippen molar-refractivity contribution >= 4 is 34.6 Å². The van der Waals surface area contributed by atoms with Crippen LogP contribution in [0.3, 0.4) is 0 Å². The molecule has 0 unspecified atom stereocenters. The van der Waals surface area contributed by atoms with Crippen LogP contribution in [0.1, 0.15) is 32.7 Å². The number of anilines is 3. The molecule has 0 bridgehead atoms. The maximum absolute atomic E-state index is 13.3. The van der Waals surface area contributed by atoms with Gasteiger partial charge in [-0.25, -0.2) is 0 Å². The van der Waals surface area contributed by atoms with Gasteiger partial charge in [-0.05, 0) is 49.7 Å². The molecule has 2 amide bonds. The van der Waals surface area contributed by atoms with E-state index in [1.54, 1.807) is 39.3 Å². The van der Waals surface area contributed by atoms with Gasteiger partial charge in [-0.2, -0.15) is 0 Å². The van der Waals surface area contributed by atoms with Gasteiger partial charge < -0.3 is 29.9 Å². The van der Waals surface area contributed by atoms with Gasteiger partial charge in [-0.1, -0.05) is 18.2 Å². The number of hydrogen-bond acceptors (Lipinski definition) is 8. The lowest BCUT2D eigenvalue weighted by Crippen LogP contribution is -2.47. The van der Waals surface area contributed by atoms with Crippen molar-refractivity contribution in [2.24, 2.45) is 0 Å². The lowest BCUT2D eigenvalue weighted by Gasteiger charge is -2.38. The third-order valence-corrected chi connectivity index (χ3v) is 7.02. The van der Waals surface area contributed by atoms with Crippen LogP contribution in [0.2, 0.25) is 0 Å². The molecule has 3 aromatic rings. The van der Waals surface area contributed by atoms with Gasteiger partial charge in [0.25, 0.3) is 17.5 Å². The quantitative estimate of drug-likeness (QED) is 0.202. The summed E-state index contributed by atoms with van der Waals surface area (Å²) in [6, 6.07) is 17.5. The van der Waals surface area contributed by atoms with Crippen molar-refractivity contribution in [3.05, 3.63) is 87.5 Å². The van der Waals surface area contributed by atoms with E-state index in [9.17, 15) is 19.7 Å². The number of ether oxygens (including phenoxy) is 2. The van der Waals surface area contributed by atoms with E-state index in [-0.39, 0.29) is 17.2 Å². The first kappa shape index (κ1) is 29.3. The maximum atomic E-state index is 13.3. The summed E-state index contributed by atoms with van der Waals surface area (Å²) in [7, 11) is 3.27. The number of methoxy groups -OCH3 is 2. The van der Waals surface area contributed by atoms with Gasteiger partial charge >= 0.3 is 0 Å². The average Bonchev–Trinajstić information content (AvgIpc) is 2.99. The third-order valence-electron chi connectivity index (χ3n) is 7.02. The van der Waals surface area contributed by atoms with Gasteiger partial charge in [0.2, 0.25) is 0 Å². The van der Waals surface area contributed by atoms with Crippen molar-refractivity contribution in [1.29, 1.82) is 0 Å². The maximum Gasteiger partial charge on any atom is 0.273 e. The highest BCUT2D eigenvalue weighted by atomic mass is 16.6. The van der Waals surface area contributed by atoms with Crippen LogP contribution in [-0.4, -0.2) is 70.3 Å². The number of carbonyl (C=O) groups is 2. The van der Waals surface area contributed by atoms with E-state index in [0.717, 1.165) is 30.2 Å². The van der Waals surface area contributed by atoms with Crippen LogP contribution >= 0.6 is 0 Å². The Labute approximate surface area is 239 Å². The van der Waals surface area contributed by atoms with E-state index < -0.39 is 10.8 Å². The molecule has 11 nitrogen and oxygen atoms in total. The Morgan fingerprint density at radius 2 is 1.63 bits per heavy atom. The first-order chi connectivity index (χ1) is 19.8. The fraction of sp³-hybridized carbons (Fsp3) is 0.333. The fourth-order valence-corrected chi connectivity index (χ4v) is 4.81. The summed E-state index contributed by atoms with van der Waals surface area (Å²) >= 11 is 0. The highest BCUT2D eigenvalue weighted by Crippen LogP contribution is 2.31. The molecule has 0 aliphatic carbocycles. The average molecular weight is 562 g/mol. The van der Waals surface area contributed by atoms with Crippen LogP contribution in [0.25, 0.3) is 0 Å². The van der Waals surface area contributed by atoms with E-state index >= 15 is 0 Å². The van der Waals surface area contributed by atoms with Gasteiger partial charge in [-0.3, -0.25) is 19.7 Å². The van der Waals surface area contributed by atoms with Gasteiger partial charge in [-0.15, -0.1) is 0 Å². The summed E-state index contributed by atoms with van der Waals surface area (Å²) in [5.41, 5.74) is 3.13. The number of piperazine rings is 1. The van der Waals surface area contributed by atoms with E-state index in [0.29, 0.717) is 49.5 Å². The number of nitrogens with zero attached hydrogens (tertiary/aromatic N) is 3. The highest BCUT2D eigenvalue weighted by molar-refractivity contribution is 6.06. The Morgan fingerprint density at radius 3 is 2.32 bits per heavy atom. The van der Waals surface area contributed by atoms with Crippen molar-refractivity contribution in [2.45, 2.75) is 13.3 Å². The normalized spacial score (nSPS) is 13.0. The number of carbonyl (C=O) groups excluding carboxylic acids is 2. The van der Waals surface area contributed by atoms with E-state index in [1.165, 1.54) is 12.1 Å². The number of para-hydroxylation sites is 2. The Morgan fingerprint density at radius 1 is 0.927 bits per heavy atom. The van der Waals surface area contributed by atoms with Crippen molar-refractivity contribution in [1.82, 2.24) is 5.32 Å². The predicted octanol–water partition coefficient (Wildman–Crippen LogP) is 4.26. The Bertz CT molecular complexity index is 1400. The molecule has 11 heteroatoms. The molecule has 41 heavy (non-hydrogen) atoms. The monoisotopic (exact) mass is 561 g/mol. The second-order valence-corrected chi connectivity index (χ2v) is 9.69. The third kappa shape index (κ3) is 7.12. The standard InChI is InChI=1S/C30H35N5O6/c1-21-9-10-22(19-27(21)35(38)39)29(36)32-23-11-12-25(24(20-23)30(37)31-13-6-18-40-2)33-14-16-34(17-15-33)26-7-4-5-8-28(26)41-3/h4-5,7-12,19-20H,6,13-18H2,1-3H3,(H,31,37)(H,32,36). The zero-order valence-electron chi connectivity index (χ0n) is 23.5. The fourth-order valence-electron chi connectivity index (χ4n) is 4.81.